The first-order valence-electron chi connectivity index (χ1n) is 7.82. The molecule has 0 saturated heterocycles. The quantitative estimate of drug-likeness (QED) is 0.873. The van der Waals surface area contributed by atoms with Crippen molar-refractivity contribution in [2.45, 2.75) is 53.6 Å². The first kappa shape index (κ1) is 15.8. The largest absolute Gasteiger partial charge is 0.308 e. The van der Waals surface area contributed by atoms with E-state index in [2.05, 4.69) is 67.9 Å². The Balaban J connectivity index is 2.34. The third kappa shape index (κ3) is 3.73. The van der Waals surface area contributed by atoms with Gasteiger partial charge >= 0.3 is 0 Å². The molecule has 1 atom stereocenters. The van der Waals surface area contributed by atoms with Gasteiger partial charge in [0, 0.05) is 11.9 Å². The SMILES string of the molecule is CCCNC(Cn1nccc1C)c1c(C)cc(C)cc1C. The molecule has 0 fully saturated rings. The summed E-state index contributed by atoms with van der Waals surface area (Å²) in [5.74, 6) is 0. The standard InChI is InChI=1S/C18H27N3/c1-6-8-19-17(12-21-16(5)7-9-20-21)18-14(3)10-13(2)11-15(18)4/h7,9-11,17,19H,6,8,12H2,1-5H3. The van der Waals surface area contributed by atoms with Crippen LogP contribution in [0, 0.1) is 27.7 Å². The third-order valence-electron chi connectivity index (χ3n) is 4.01. The summed E-state index contributed by atoms with van der Waals surface area (Å²) < 4.78 is 2.09. The lowest BCUT2D eigenvalue weighted by atomic mass is 9.93. The van der Waals surface area contributed by atoms with Crippen molar-refractivity contribution in [3.63, 3.8) is 0 Å². The van der Waals surface area contributed by atoms with Gasteiger partial charge in [0.25, 0.3) is 0 Å². The third-order valence-corrected chi connectivity index (χ3v) is 4.01. The summed E-state index contributed by atoms with van der Waals surface area (Å²) in [6.07, 6.45) is 3.01. The first-order chi connectivity index (χ1) is 10.0. The van der Waals surface area contributed by atoms with Crippen LogP contribution < -0.4 is 5.32 Å². The average molecular weight is 285 g/mol. The molecular weight excluding hydrogens is 258 g/mol. The first-order valence-corrected chi connectivity index (χ1v) is 7.82. The molecule has 0 spiro atoms. The van der Waals surface area contributed by atoms with Gasteiger partial charge < -0.3 is 5.32 Å². The summed E-state index contributed by atoms with van der Waals surface area (Å²) in [5, 5.41) is 8.13. The highest BCUT2D eigenvalue weighted by Gasteiger charge is 2.17. The number of hydrogen-bond donors (Lipinski definition) is 1. The van der Waals surface area contributed by atoms with Crippen LogP contribution in [0.3, 0.4) is 0 Å². The van der Waals surface area contributed by atoms with Crippen LogP contribution in [0.25, 0.3) is 0 Å². The molecular formula is C18H27N3. The predicted octanol–water partition coefficient (Wildman–Crippen LogP) is 3.86. The lowest BCUT2D eigenvalue weighted by Crippen LogP contribution is -2.28. The number of rotatable bonds is 6. The van der Waals surface area contributed by atoms with Crippen LogP contribution in [0.15, 0.2) is 24.4 Å². The Morgan fingerprint density at radius 1 is 1.14 bits per heavy atom. The van der Waals surface area contributed by atoms with Crippen molar-refractivity contribution in [1.82, 2.24) is 15.1 Å². The summed E-state index contributed by atoms with van der Waals surface area (Å²) in [4.78, 5) is 0. The minimum Gasteiger partial charge on any atom is -0.308 e. The molecule has 1 heterocycles. The second-order valence-corrected chi connectivity index (χ2v) is 5.97. The van der Waals surface area contributed by atoms with Gasteiger partial charge in [-0.2, -0.15) is 5.10 Å². The van der Waals surface area contributed by atoms with Gasteiger partial charge in [-0.15, -0.1) is 0 Å². The molecule has 114 valence electrons. The summed E-state index contributed by atoms with van der Waals surface area (Å²) >= 11 is 0. The lowest BCUT2D eigenvalue weighted by Gasteiger charge is -2.24. The van der Waals surface area contributed by atoms with Crippen molar-refractivity contribution in [2.24, 2.45) is 0 Å². The van der Waals surface area contributed by atoms with Crippen molar-refractivity contribution in [2.75, 3.05) is 6.54 Å². The molecule has 1 N–H and O–H groups in total. The summed E-state index contributed by atoms with van der Waals surface area (Å²) in [6.45, 7) is 12.8. The van der Waals surface area contributed by atoms with Gasteiger partial charge in [0.1, 0.15) is 0 Å². The Bertz CT molecular complexity index is 575. The van der Waals surface area contributed by atoms with Crippen LogP contribution in [-0.2, 0) is 6.54 Å². The van der Waals surface area contributed by atoms with Crippen LogP contribution >= 0.6 is 0 Å². The van der Waals surface area contributed by atoms with Crippen LogP contribution in [0.2, 0.25) is 0 Å². The van der Waals surface area contributed by atoms with Gasteiger partial charge in [-0.25, -0.2) is 0 Å². The maximum atomic E-state index is 4.44. The monoisotopic (exact) mass is 285 g/mol. The molecule has 1 aromatic heterocycles. The molecule has 3 nitrogen and oxygen atoms in total. The van der Waals surface area contributed by atoms with Crippen molar-refractivity contribution >= 4 is 0 Å². The molecule has 1 aromatic carbocycles. The zero-order chi connectivity index (χ0) is 15.4. The molecule has 0 aliphatic carbocycles. The van der Waals surface area contributed by atoms with E-state index < -0.39 is 0 Å². The van der Waals surface area contributed by atoms with E-state index in [0.29, 0.717) is 6.04 Å². The van der Waals surface area contributed by atoms with Crippen LogP contribution in [-0.4, -0.2) is 16.3 Å². The topological polar surface area (TPSA) is 29.9 Å². The number of nitrogens with one attached hydrogen (secondary N) is 1. The molecule has 0 amide bonds. The zero-order valence-corrected chi connectivity index (χ0v) is 13.9. The van der Waals surface area contributed by atoms with Gasteiger partial charge in [-0.05, 0) is 63.4 Å². The summed E-state index contributed by atoms with van der Waals surface area (Å²) in [7, 11) is 0. The second-order valence-electron chi connectivity index (χ2n) is 5.97. The van der Waals surface area contributed by atoms with E-state index in [0.717, 1.165) is 19.5 Å². The molecule has 0 aliphatic rings. The highest BCUT2D eigenvalue weighted by molar-refractivity contribution is 5.39. The Hall–Kier alpha value is -1.61. The van der Waals surface area contributed by atoms with E-state index in [1.54, 1.807) is 0 Å². The number of benzene rings is 1. The van der Waals surface area contributed by atoms with Crippen molar-refractivity contribution in [3.05, 3.63) is 52.3 Å². The van der Waals surface area contributed by atoms with Gasteiger partial charge in [0.2, 0.25) is 0 Å². The average Bonchev–Trinajstić information content (AvgIpc) is 2.80. The van der Waals surface area contributed by atoms with Crippen LogP contribution in [0.4, 0.5) is 0 Å². The maximum absolute atomic E-state index is 4.44. The Kier molecular flexibility index (Phi) is 5.18. The second kappa shape index (κ2) is 6.90. The zero-order valence-electron chi connectivity index (χ0n) is 13.9. The van der Waals surface area contributed by atoms with Crippen molar-refractivity contribution < 1.29 is 0 Å². The van der Waals surface area contributed by atoms with Crippen molar-refractivity contribution in [3.8, 4) is 0 Å². The number of aryl methyl sites for hydroxylation is 4. The van der Waals surface area contributed by atoms with Crippen LogP contribution in [0.5, 0.6) is 0 Å². The fraction of sp³-hybridized carbons (Fsp3) is 0.500. The Morgan fingerprint density at radius 2 is 1.81 bits per heavy atom. The molecule has 2 rings (SSSR count). The fourth-order valence-electron chi connectivity index (χ4n) is 3.08. The molecule has 0 saturated carbocycles. The van der Waals surface area contributed by atoms with E-state index in [1.807, 2.05) is 6.20 Å². The normalized spacial score (nSPS) is 12.6. The van der Waals surface area contributed by atoms with Crippen LogP contribution in [0.1, 0.15) is 47.3 Å². The smallest absolute Gasteiger partial charge is 0.0607 e. The minimum atomic E-state index is 0.309. The number of hydrogen-bond acceptors (Lipinski definition) is 2. The molecule has 3 heteroatoms. The molecule has 0 aliphatic heterocycles. The Morgan fingerprint density at radius 3 is 2.33 bits per heavy atom. The fourth-order valence-corrected chi connectivity index (χ4v) is 3.08. The summed E-state index contributed by atoms with van der Waals surface area (Å²) in [5.41, 5.74) is 6.69. The Labute approximate surface area is 128 Å². The number of nitrogens with zero attached hydrogens (tertiary/aromatic N) is 2. The van der Waals surface area contributed by atoms with E-state index in [1.165, 1.54) is 27.9 Å². The van der Waals surface area contributed by atoms with E-state index >= 15 is 0 Å². The molecule has 2 aromatic rings. The number of aromatic nitrogens is 2. The highest BCUT2D eigenvalue weighted by Crippen LogP contribution is 2.25. The minimum absolute atomic E-state index is 0.309. The highest BCUT2D eigenvalue weighted by atomic mass is 15.3. The molecule has 0 radical (unpaired) electrons. The van der Waals surface area contributed by atoms with E-state index in [4.69, 9.17) is 0 Å². The predicted molar refractivity (Wildman–Crippen MR) is 88.7 cm³/mol. The lowest BCUT2D eigenvalue weighted by molar-refractivity contribution is 0.431. The molecule has 21 heavy (non-hydrogen) atoms. The molecule has 1 unspecified atom stereocenters. The van der Waals surface area contributed by atoms with E-state index in [-0.39, 0.29) is 0 Å². The summed E-state index contributed by atoms with van der Waals surface area (Å²) in [6, 6.07) is 6.92. The molecule has 0 bridgehead atoms. The van der Waals surface area contributed by atoms with Gasteiger partial charge in [-0.1, -0.05) is 24.6 Å². The van der Waals surface area contributed by atoms with Gasteiger partial charge in [0.15, 0.2) is 0 Å². The van der Waals surface area contributed by atoms with E-state index in [9.17, 15) is 0 Å². The maximum Gasteiger partial charge on any atom is 0.0607 e. The van der Waals surface area contributed by atoms with Crippen molar-refractivity contribution in [1.29, 1.82) is 0 Å². The van der Waals surface area contributed by atoms with Gasteiger partial charge in [-0.3, -0.25) is 4.68 Å². The van der Waals surface area contributed by atoms with Gasteiger partial charge in [0.05, 0.1) is 12.6 Å².